The summed E-state index contributed by atoms with van der Waals surface area (Å²) < 4.78 is 0. The van der Waals surface area contributed by atoms with Crippen molar-refractivity contribution < 1.29 is 0 Å². The first-order valence-electron chi connectivity index (χ1n) is 9.71. The van der Waals surface area contributed by atoms with Crippen molar-refractivity contribution in [2.24, 2.45) is 0 Å². The molecule has 1 aromatic heterocycles. The third-order valence-corrected chi connectivity index (χ3v) is 5.09. The van der Waals surface area contributed by atoms with Crippen molar-refractivity contribution in [3.05, 3.63) is 45.7 Å². The highest BCUT2D eigenvalue weighted by molar-refractivity contribution is 7.80. The molecule has 0 atom stereocenters. The Morgan fingerprint density at radius 3 is 2.50 bits per heavy atom. The lowest BCUT2D eigenvalue weighted by molar-refractivity contribution is 0.321. The molecule has 7 heteroatoms. The molecule has 0 fully saturated rings. The molecule has 2 rings (SSSR count). The van der Waals surface area contributed by atoms with Crippen LogP contribution in [0, 0.1) is 6.92 Å². The minimum atomic E-state index is -0.0490. The summed E-state index contributed by atoms with van der Waals surface area (Å²) in [6.45, 7) is 5.96. The van der Waals surface area contributed by atoms with Crippen molar-refractivity contribution in [2.45, 2.75) is 19.9 Å². The minimum Gasteiger partial charge on any atom is -0.363 e. The highest BCUT2D eigenvalue weighted by Crippen LogP contribution is 2.15. The summed E-state index contributed by atoms with van der Waals surface area (Å²) >= 11 is 5.64. The highest BCUT2D eigenvalue weighted by atomic mass is 32.1. The van der Waals surface area contributed by atoms with Gasteiger partial charge in [0.15, 0.2) is 5.11 Å². The van der Waals surface area contributed by atoms with Crippen LogP contribution in [-0.2, 0) is 6.54 Å². The average molecular weight is 404 g/mol. The minimum absolute atomic E-state index is 0.0490. The largest absolute Gasteiger partial charge is 0.363 e. The predicted octanol–water partition coefficient (Wildman–Crippen LogP) is 2.03. The second kappa shape index (κ2) is 10.5. The number of hydrogen-bond acceptors (Lipinski definition) is 4. The molecule has 0 spiro atoms. The molecule has 0 aliphatic heterocycles. The van der Waals surface area contributed by atoms with E-state index in [1.165, 1.54) is 0 Å². The van der Waals surface area contributed by atoms with Gasteiger partial charge in [0.1, 0.15) is 0 Å². The van der Waals surface area contributed by atoms with Gasteiger partial charge in [0.25, 0.3) is 5.56 Å². The number of benzene rings is 1. The molecule has 0 aliphatic rings. The lowest BCUT2D eigenvalue weighted by Crippen LogP contribution is -2.43. The zero-order valence-electron chi connectivity index (χ0n) is 17.7. The summed E-state index contributed by atoms with van der Waals surface area (Å²) in [5.74, 6) is 0. The maximum Gasteiger partial charge on any atom is 0.253 e. The van der Waals surface area contributed by atoms with E-state index in [1.807, 2.05) is 45.3 Å². The fraction of sp³-hybridized carbons (Fsp3) is 0.524. The first kappa shape index (κ1) is 22.3. The van der Waals surface area contributed by atoms with Crippen LogP contribution in [0.4, 0.5) is 0 Å². The molecule has 6 nitrogen and oxygen atoms in total. The fourth-order valence-electron chi connectivity index (χ4n) is 3.03. The third kappa shape index (κ3) is 6.58. The second-order valence-electron chi connectivity index (χ2n) is 7.78. The number of pyridine rings is 1. The van der Waals surface area contributed by atoms with Gasteiger partial charge in [0.2, 0.25) is 0 Å². The Bertz CT molecular complexity index is 846. The topological polar surface area (TPSA) is 54.6 Å². The van der Waals surface area contributed by atoms with E-state index in [4.69, 9.17) is 12.2 Å². The van der Waals surface area contributed by atoms with Crippen molar-refractivity contribution in [2.75, 3.05) is 54.4 Å². The molecule has 1 heterocycles. The Kier molecular flexibility index (Phi) is 8.41. The third-order valence-electron chi connectivity index (χ3n) is 4.69. The number of aryl methyl sites for hydroxylation is 1. The zero-order chi connectivity index (χ0) is 20.7. The van der Waals surface area contributed by atoms with Crippen LogP contribution in [0.2, 0.25) is 0 Å². The summed E-state index contributed by atoms with van der Waals surface area (Å²) in [6, 6.07) is 8.04. The van der Waals surface area contributed by atoms with E-state index in [0.717, 1.165) is 54.6 Å². The number of nitrogens with one attached hydrogen (secondary N) is 2. The normalized spacial score (nSPS) is 11.4. The number of likely N-dealkylation sites (N-methyl/N-ethyl adjacent to an activating group) is 1. The van der Waals surface area contributed by atoms with Gasteiger partial charge in [-0.05, 0) is 77.3 Å². The number of aromatic amines is 1. The highest BCUT2D eigenvalue weighted by Gasteiger charge is 2.14. The van der Waals surface area contributed by atoms with Gasteiger partial charge in [-0.2, -0.15) is 0 Å². The molecule has 2 aromatic rings. The zero-order valence-corrected chi connectivity index (χ0v) is 18.5. The Labute approximate surface area is 173 Å². The fourth-order valence-corrected chi connectivity index (χ4v) is 3.29. The van der Waals surface area contributed by atoms with E-state index in [-0.39, 0.29) is 5.56 Å². The summed E-state index contributed by atoms with van der Waals surface area (Å²) in [5.41, 5.74) is 2.66. The Morgan fingerprint density at radius 1 is 1.11 bits per heavy atom. The number of fused-ring (bicyclic) bond motifs is 1. The van der Waals surface area contributed by atoms with Crippen LogP contribution in [0.1, 0.15) is 17.5 Å². The van der Waals surface area contributed by atoms with E-state index in [0.29, 0.717) is 11.7 Å². The van der Waals surface area contributed by atoms with Crippen molar-refractivity contribution in [3.8, 4) is 0 Å². The van der Waals surface area contributed by atoms with E-state index >= 15 is 0 Å². The van der Waals surface area contributed by atoms with Crippen LogP contribution in [0.15, 0.2) is 29.1 Å². The van der Waals surface area contributed by atoms with Crippen LogP contribution in [0.3, 0.4) is 0 Å². The summed E-state index contributed by atoms with van der Waals surface area (Å²) in [6.07, 6.45) is 1.02. The van der Waals surface area contributed by atoms with Crippen LogP contribution in [0.25, 0.3) is 10.9 Å². The number of rotatable bonds is 9. The van der Waals surface area contributed by atoms with E-state index in [2.05, 4.69) is 39.1 Å². The van der Waals surface area contributed by atoms with E-state index in [9.17, 15) is 4.79 Å². The van der Waals surface area contributed by atoms with Crippen molar-refractivity contribution in [3.63, 3.8) is 0 Å². The molecule has 0 saturated carbocycles. The van der Waals surface area contributed by atoms with Gasteiger partial charge in [-0.15, -0.1) is 0 Å². The maximum absolute atomic E-state index is 12.7. The molecule has 2 N–H and O–H groups in total. The molecular weight excluding hydrogens is 370 g/mol. The molecule has 0 unspecified atom stereocenters. The first-order chi connectivity index (χ1) is 13.3. The lowest BCUT2D eigenvalue weighted by Gasteiger charge is -2.27. The van der Waals surface area contributed by atoms with Gasteiger partial charge in [-0.1, -0.05) is 18.2 Å². The van der Waals surface area contributed by atoms with Crippen LogP contribution in [0.5, 0.6) is 0 Å². The van der Waals surface area contributed by atoms with E-state index in [1.54, 1.807) is 0 Å². The van der Waals surface area contributed by atoms with Gasteiger partial charge >= 0.3 is 0 Å². The molecule has 0 aliphatic carbocycles. The molecule has 0 bridgehead atoms. The van der Waals surface area contributed by atoms with Crippen molar-refractivity contribution in [1.82, 2.24) is 25.0 Å². The van der Waals surface area contributed by atoms with Gasteiger partial charge in [0.05, 0.1) is 12.1 Å². The summed E-state index contributed by atoms with van der Waals surface area (Å²) in [5, 5.41) is 5.09. The maximum atomic E-state index is 12.7. The van der Waals surface area contributed by atoms with Crippen LogP contribution < -0.4 is 10.9 Å². The number of nitrogens with zero attached hydrogens (tertiary/aromatic N) is 3. The quantitative estimate of drug-likeness (QED) is 0.494. The number of thiocarbonyl (C=S) groups is 1. The van der Waals surface area contributed by atoms with Crippen LogP contribution in [-0.4, -0.2) is 79.2 Å². The number of aromatic nitrogens is 1. The predicted molar refractivity (Wildman–Crippen MR) is 122 cm³/mol. The number of H-pyrrole nitrogens is 1. The summed E-state index contributed by atoms with van der Waals surface area (Å²) in [7, 11) is 8.21. The Morgan fingerprint density at radius 2 is 1.82 bits per heavy atom. The molecule has 0 amide bonds. The Hall–Kier alpha value is -1.96. The average Bonchev–Trinajstić information content (AvgIpc) is 2.63. The molecular formula is C21H33N5OS. The van der Waals surface area contributed by atoms with Gasteiger partial charge in [-0.25, -0.2) is 0 Å². The number of hydrogen-bond donors (Lipinski definition) is 2. The standard InChI is InChI=1S/C21H33N5OS/c1-16-8-6-9-17-14-18(20(27)23-19(16)17)15-26(13-12-25(4)5)21(28)22-10-7-11-24(2)3/h6,8-9,14H,7,10-13,15H2,1-5H3,(H,22,28)(H,23,27). The van der Waals surface area contributed by atoms with E-state index < -0.39 is 0 Å². The first-order valence-corrected chi connectivity index (χ1v) is 10.1. The van der Waals surface area contributed by atoms with Gasteiger partial charge < -0.3 is 25.0 Å². The van der Waals surface area contributed by atoms with Crippen molar-refractivity contribution >= 4 is 28.2 Å². The number of para-hydroxylation sites is 1. The van der Waals surface area contributed by atoms with Gasteiger partial charge in [-0.3, -0.25) is 4.79 Å². The molecule has 154 valence electrons. The molecule has 28 heavy (non-hydrogen) atoms. The summed E-state index contributed by atoms with van der Waals surface area (Å²) in [4.78, 5) is 22.1. The van der Waals surface area contributed by atoms with Gasteiger partial charge in [0, 0.05) is 25.2 Å². The second-order valence-corrected chi connectivity index (χ2v) is 8.16. The SMILES string of the molecule is Cc1cccc2cc(CN(CCN(C)C)C(=S)NCCCN(C)C)c(=O)[nH]c12. The Balaban J connectivity index is 2.15. The lowest BCUT2D eigenvalue weighted by atomic mass is 10.1. The molecule has 0 radical (unpaired) electrons. The monoisotopic (exact) mass is 403 g/mol. The van der Waals surface area contributed by atoms with Crippen LogP contribution >= 0.6 is 12.2 Å². The smallest absolute Gasteiger partial charge is 0.253 e. The molecule has 0 saturated heterocycles. The molecule has 1 aromatic carbocycles. The van der Waals surface area contributed by atoms with Crippen molar-refractivity contribution in [1.29, 1.82) is 0 Å².